The van der Waals surface area contributed by atoms with Crippen molar-refractivity contribution in [2.24, 2.45) is 0 Å². The van der Waals surface area contributed by atoms with E-state index >= 15 is 0 Å². The second kappa shape index (κ2) is 6.17. The third kappa shape index (κ3) is 3.45. The van der Waals surface area contributed by atoms with Crippen molar-refractivity contribution in [3.63, 3.8) is 0 Å². The highest BCUT2D eigenvalue weighted by molar-refractivity contribution is 9.10. The maximum Gasteiger partial charge on any atom is 0.336 e. The topological polar surface area (TPSA) is 54.4 Å². The molecular formula is C12H8BrClO3S2. The predicted molar refractivity (Wildman–Crippen MR) is 80.5 cm³/mol. The Morgan fingerprint density at radius 1 is 1.42 bits per heavy atom. The van der Waals surface area contributed by atoms with Gasteiger partial charge in [0.05, 0.1) is 32.0 Å². The maximum atomic E-state index is 12.3. The summed E-state index contributed by atoms with van der Waals surface area (Å²) in [4.78, 5) is 12.2. The molecule has 0 radical (unpaired) electrons. The number of rotatable bonds is 4. The van der Waals surface area contributed by atoms with Crippen LogP contribution in [0.15, 0.2) is 39.0 Å². The van der Waals surface area contributed by atoms with Crippen LogP contribution in [-0.2, 0) is 16.6 Å². The quantitative estimate of drug-likeness (QED) is 0.867. The third-order valence-corrected chi connectivity index (χ3v) is 5.81. The maximum absolute atomic E-state index is 12.3. The fourth-order valence-corrected chi connectivity index (χ4v) is 4.77. The second-order valence-corrected chi connectivity index (χ2v) is 7.37. The van der Waals surface area contributed by atoms with E-state index in [0.29, 0.717) is 14.4 Å². The summed E-state index contributed by atoms with van der Waals surface area (Å²) in [6, 6.07) is 6.36. The van der Waals surface area contributed by atoms with Crippen LogP contribution in [0.25, 0.3) is 0 Å². The molecule has 0 bridgehead atoms. The molecule has 0 fully saturated rings. The molecule has 1 atom stereocenters. The Labute approximate surface area is 129 Å². The highest BCUT2D eigenvalue weighted by Crippen LogP contribution is 2.27. The van der Waals surface area contributed by atoms with Crippen LogP contribution in [0.3, 0.4) is 0 Å². The smallest absolute Gasteiger partial charge is 0.336 e. The summed E-state index contributed by atoms with van der Waals surface area (Å²) in [6.45, 7) is 0. The number of benzene rings is 1. The Balaban J connectivity index is 2.36. The zero-order chi connectivity index (χ0) is 14.0. The molecule has 1 heterocycles. The largest absolute Gasteiger partial charge is 0.478 e. The summed E-state index contributed by atoms with van der Waals surface area (Å²) in [5.74, 6) is -0.874. The van der Waals surface area contributed by atoms with Gasteiger partial charge >= 0.3 is 5.97 Å². The van der Waals surface area contributed by atoms with Gasteiger partial charge in [0.1, 0.15) is 0 Å². The summed E-state index contributed by atoms with van der Waals surface area (Å²) < 4.78 is 13.0. The monoisotopic (exact) mass is 378 g/mol. The molecule has 0 saturated carbocycles. The molecular weight excluding hydrogens is 372 g/mol. The molecule has 0 aliphatic heterocycles. The van der Waals surface area contributed by atoms with E-state index in [0.717, 1.165) is 4.88 Å². The van der Waals surface area contributed by atoms with Gasteiger partial charge in [-0.2, -0.15) is 0 Å². The number of halogens is 2. The second-order valence-electron chi connectivity index (χ2n) is 3.63. The van der Waals surface area contributed by atoms with Gasteiger partial charge in [-0.25, -0.2) is 4.79 Å². The summed E-state index contributed by atoms with van der Waals surface area (Å²) in [5.41, 5.74) is 0.0502. The predicted octanol–water partition coefficient (Wildman–Crippen LogP) is 4.17. The first-order chi connectivity index (χ1) is 8.99. The molecule has 0 aliphatic carbocycles. The number of hydrogen-bond donors (Lipinski definition) is 1. The van der Waals surface area contributed by atoms with E-state index in [4.69, 9.17) is 16.7 Å². The van der Waals surface area contributed by atoms with E-state index in [1.165, 1.54) is 17.4 Å². The minimum atomic E-state index is -1.45. The Morgan fingerprint density at radius 2 is 2.16 bits per heavy atom. The van der Waals surface area contributed by atoms with Gasteiger partial charge in [-0.05, 0) is 29.6 Å². The zero-order valence-electron chi connectivity index (χ0n) is 9.43. The van der Waals surface area contributed by atoms with Crippen molar-refractivity contribution >= 4 is 55.6 Å². The Hall–Kier alpha value is -0.690. The fraction of sp³-hybridized carbons (Fsp3) is 0.0833. The van der Waals surface area contributed by atoms with E-state index in [1.807, 2.05) is 5.38 Å². The molecule has 1 aromatic heterocycles. The molecule has 2 rings (SSSR count). The normalized spacial score (nSPS) is 12.3. The molecule has 19 heavy (non-hydrogen) atoms. The lowest BCUT2D eigenvalue weighted by atomic mass is 10.2. The van der Waals surface area contributed by atoms with Crippen molar-refractivity contribution in [3.8, 4) is 0 Å². The fourth-order valence-electron chi connectivity index (χ4n) is 1.49. The summed E-state index contributed by atoms with van der Waals surface area (Å²) in [7, 11) is -1.45. The van der Waals surface area contributed by atoms with Gasteiger partial charge < -0.3 is 5.11 Å². The van der Waals surface area contributed by atoms with Crippen LogP contribution in [0.4, 0.5) is 0 Å². The van der Waals surface area contributed by atoms with Crippen molar-refractivity contribution in [2.45, 2.75) is 10.6 Å². The van der Waals surface area contributed by atoms with E-state index in [1.54, 1.807) is 18.2 Å². The first kappa shape index (κ1) is 14.7. The summed E-state index contributed by atoms with van der Waals surface area (Å²) >= 11 is 10.6. The number of thiophene rings is 1. The van der Waals surface area contributed by atoms with Gasteiger partial charge in [0.15, 0.2) is 0 Å². The molecule has 1 N–H and O–H groups in total. The molecule has 0 amide bonds. The number of carboxylic acids is 1. The number of hydrogen-bond acceptors (Lipinski definition) is 3. The Bertz CT molecular complexity index is 654. The molecule has 2 aromatic rings. The lowest BCUT2D eigenvalue weighted by Crippen LogP contribution is -2.05. The van der Waals surface area contributed by atoms with Gasteiger partial charge in [0.25, 0.3) is 0 Å². The van der Waals surface area contributed by atoms with Crippen molar-refractivity contribution in [1.29, 1.82) is 0 Å². The summed E-state index contributed by atoms with van der Waals surface area (Å²) in [6.07, 6.45) is 0. The molecule has 0 spiro atoms. The highest BCUT2D eigenvalue weighted by atomic mass is 79.9. The standard InChI is InChI=1S/C12H8BrClO3S2/c13-7-1-2-8(12(15)16)11(5-7)19(17)6-10-9(14)3-4-18-10/h1-5H,6H2,(H,15,16). The highest BCUT2D eigenvalue weighted by Gasteiger charge is 2.17. The molecule has 3 nitrogen and oxygen atoms in total. The van der Waals surface area contributed by atoms with Crippen LogP contribution < -0.4 is 0 Å². The first-order valence-electron chi connectivity index (χ1n) is 5.12. The van der Waals surface area contributed by atoms with Crippen LogP contribution in [-0.4, -0.2) is 15.3 Å². The van der Waals surface area contributed by atoms with E-state index in [2.05, 4.69) is 15.9 Å². The van der Waals surface area contributed by atoms with Gasteiger partial charge in [-0.3, -0.25) is 4.21 Å². The third-order valence-electron chi connectivity index (χ3n) is 2.37. The van der Waals surface area contributed by atoms with E-state index < -0.39 is 16.8 Å². The average molecular weight is 380 g/mol. The van der Waals surface area contributed by atoms with Gasteiger partial charge in [-0.1, -0.05) is 27.5 Å². The van der Waals surface area contributed by atoms with E-state index in [-0.39, 0.29) is 11.3 Å². The van der Waals surface area contributed by atoms with E-state index in [9.17, 15) is 9.00 Å². The van der Waals surface area contributed by atoms with Crippen LogP contribution in [0.1, 0.15) is 15.2 Å². The average Bonchev–Trinajstić information content (AvgIpc) is 2.74. The molecule has 100 valence electrons. The number of carbonyl (C=O) groups is 1. The SMILES string of the molecule is O=C(O)c1ccc(Br)cc1S(=O)Cc1sccc1Cl. The van der Waals surface area contributed by atoms with Crippen molar-refractivity contribution in [2.75, 3.05) is 0 Å². The van der Waals surface area contributed by atoms with Crippen LogP contribution in [0.5, 0.6) is 0 Å². The van der Waals surface area contributed by atoms with Gasteiger partial charge in [0.2, 0.25) is 0 Å². The molecule has 1 unspecified atom stereocenters. The van der Waals surface area contributed by atoms with Gasteiger partial charge in [0, 0.05) is 9.35 Å². The molecule has 1 aromatic carbocycles. The zero-order valence-corrected chi connectivity index (χ0v) is 13.4. The molecule has 7 heteroatoms. The van der Waals surface area contributed by atoms with Crippen molar-refractivity contribution in [1.82, 2.24) is 0 Å². The number of carboxylic acid groups (broad SMARTS) is 1. The Morgan fingerprint density at radius 3 is 2.74 bits per heavy atom. The van der Waals surface area contributed by atoms with Crippen LogP contribution >= 0.6 is 38.9 Å². The molecule has 0 aliphatic rings. The lowest BCUT2D eigenvalue weighted by Gasteiger charge is -2.06. The minimum Gasteiger partial charge on any atom is -0.478 e. The van der Waals surface area contributed by atoms with Crippen LogP contribution in [0.2, 0.25) is 5.02 Å². The van der Waals surface area contributed by atoms with Crippen molar-refractivity contribution in [3.05, 3.63) is 49.6 Å². The number of aromatic carboxylic acids is 1. The summed E-state index contributed by atoms with van der Waals surface area (Å²) in [5, 5.41) is 11.5. The van der Waals surface area contributed by atoms with Crippen molar-refractivity contribution < 1.29 is 14.1 Å². The van der Waals surface area contributed by atoms with Crippen LogP contribution in [0, 0.1) is 0 Å². The molecule has 0 saturated heterocycles. The Kier molecular flexibility index (Phi) is 4.78. The minimum absolute atomic E-state index is 0.0502. The lowest BCUT2D eigenvalue weighted by molar-refractivity contribution is 0.0693. The first-order valence-corrected chi connectivity index (χ1v) is 8.49. The van der Waals surface area contributed by atoms with Gasteiger partial charge in [-0.15, -0.1) is 11.3 Å².